The maximum Gasteiger partial charge on any atom is 0.290 e. The van der Waals surface area contributed by atoms with Crippen LogP contribution in [0.25, 0.3) is 0 Å². The molecule has 2 aromatic heterocycles. The van der Waals surface area contributed by atoms with Crippen LogP contribution in [0, 0.1) is 0 Å². The molecule has 0 radical (unpaired) electrons. The predicted molar refractivity (Wildman–Crippen MR) is 74.2 cm³/mol. The van der Waals surface area contributed by atoms with Crippen LogP contribution in [-0.4, -0.2) is 34.9 Å². The molecule has 1 aliphatic carbocycles. The van der Waals surface area contributed by atoms with Crippen LogP contribution >= 0.6 is 0 Å². The van der Waals surface area contributed by atoms with Gasteiger partial charge in [-0.15, -0.1) is 0 Å². The number of rotatable bonds is 7. The molecule has 8 heteroatoms. The van der Waals surface area contributed by atoms with Gasteiger partial charge in [-0.2, -0.15) is 4.98 Å². The molecule has 118 valence electrons. The quantitative estimate of drug-likeness (QED) is 0.828. The minimum absolute atomic E-state index is 0.202. The first-order chi connectivity index (χ1) is 10.7. The molecule has 0 unspecified atom stereocenters. The van der Waals surface area contributed by atoms with Gasteiger partial charge in [-0.05, 0) is 19.8 Å². The zero-order valence-corrected chi connectivity index (χ0v) is 12.5. The number of aromatic nitrogens is 3. The van der Waals surface area contributed by atoms with Crippen LogP contribution in [0.5, 0.6) is 0 Å². The number of nitrogens with zero attached hydrogens (tertiary/aromatic N) is 3. The highest BCUT2D eigenvalue weighted by Crippen LogP contribution is 2.39. The average molecular weight is 306 g/mol. The first-order valence-electron chi connectivity index (χ1n) is 7.26. The average Bonchev–Trinajstić information content (AvgIpc) is 3.05. The van der Waals surface area contributed by atoms with Crippen molar-refractivity contribution in [3.05, 3.63) is 29.2 Å². The zero-order chi connectivity index (χ0) is 15.5. The molecule has 8 nitrogen and oxygen atoms in total. The van der Waals surface area contributed by atoms with E-state index in [2.05, 4.69) is 20.6 Å². The van der Waals surface area contributed by atoms with Crippen LogP contribution in [0.2, 0.25) is 0 Å². The number of hydrogen-bond acceptors (Lipinski definition) is 7. The molecular formula is C14H18N4O4. The highest BCUT2D eigenvalue weighted by atomic mass is 16.5. The number of carbonyl (C=O) groups is 1. The zero-order valence-electron chi connectivity index (χ0n) is 12.5. The van der Waals surface area contributed by atoms with E-state index in [1.165, 1.54) is 0 Å². The second-order valence-corrected chi connectivity index (χ2v) is 5.38. The van der Waals surface area contributed by atoms with Crippen molar-refractivity contribution in [2.45, 2.75) is 38.1 Å². The molecule has 22 heavy (non-hydrogen) atoms. The summed E-state index contributed by atoms with van der Waals surface area (Å²) in [6, 6.07) is 1.28. The Hall–Kier alpha value is -2.22. The number of amides is 1. The Morgan fingerprint density at radius 2 is 2.27 bits per heavy atom. The van der Waals surface area contributed by atoms with Crippen molar-refractivity contribution in [2.24, 2.45) is 0 Å². The molecule has 2 heterocycles. The Bertz CT molecular complexity index is 647. The molecule has 2 aromatic rings. The van der Waals surface area contributed by atoms with Gasteiger partial charge in [0.15, 0.2) is 5.82 Å². The summed E-state index contributed by atoms with van der Waals surface area (Å²) >= 11 is 0. The molecular weight excluding hydrogens is 288 g/mol. The third kappa shape index (κ3) is 3.33. The van der Waals surface area contributed by atoms with Crippen molar-refractivity contribution in [1.82, 2.24) is 20.6 Å². The third-order valence-electron chi connectivity index (χ3n) is 3.48. The molecule has 3 rings (SSSR count). The summed E-state index contributed by atoms with van der Waals surface area (Å²) < 4.78 is 15.2. The lowest BCUT2D eigenvalue weighted by Crippen LogP contribution is -2.26. The van der Waals surface area contributed by atoms with E-state index < -0.39 is 6.04 Å². The summed E-state index contributed by atoms with van der Waals surface area (Å²) in [4.78, 5) is 16.3. The second kappa shape index (κ2) is 6.27. The van der Waals surface area contributed by atoms with Gasteiger partial charge >= 0.3 is 0 Å². The van der Waals surface area contributed by atoms with Crippen molar-refractivity contribution < 1.29 is 18.6 Å². The van der Waals surface area contributed by atoms with Crippen LogP contribution in [0.15, 0.2) is 15.1 Å². The van der Waals surface area contributed by atoms with E-state index in [0.29, 0.717) is 30.7 Å². The summed E-state index contributed by atoms with van der Waals surface area (Å²) in [6.07, 6.45) is 2.78. The monoisotopic (exact) mass is 306 g/mol. The Morgan fingerprint density at radius 3 is 3.00 bits per heavy atom. The fourth-order valence-electron chi connectivity index (χ4n) is 2.04. The van der Waals surface area contributed by atoms with Gasteiger partial charge in [0, 0.05) is 25.5 Å². The van der Waals surface area contributed by atoms with E-state index in [9.17, 15) is 4.79 Å². The summed E-state index contributed by atoms with van der Waals surface area (Å²) in [6.45, 7) is 2.28. The van der Waals surface area contributed by atoms with Gasteiger partial charge in [0.1, 0.15) is 6.04 Å². The van der Waals surface area contributed by atoms with E-state index in [1.807, 2.05) is 0 Å². The number of nitrogens with one attached hydrogen (secondary N) is 1. The Morgan fingerprint density at radius 1 is 1.45 bits per heavy atom. The van der Waals surface area contributed by atoms with Crippen molar-refractivity contribution in [1.29, 1.82) is 0 Å². The summed E-state index contributed by atoms with van der Waals surface area (Å²) in [5.41, 5.74) is 0.845. The van der Waals surface area contributed by atoms with Crippen molar-refractivity contribution >= 4 is 5.91 Å². The molecule has 1 saturated carbocycles. The van der Waals surface area contributed by atoms with Crippen molar-refractivity contribution in [2.75, 3.05) is 13.7 Å². The smallest absolute Gasteiger partial charge is 0.290 e. The molecule has 0 saturated heterocycles. The van der Waals surface area contributed by atoms with Crippen molar-refractivity contribution in [3.63, 3.8) is 0 Å². The number of ether oxygens (including phenoxy) is 1. The molecule has 1 amide bonds. The van der Waals surface area contributed by atoms with Crippen LogP contribution in [-0.2, 0) is 11.2 Å². The minimum atomic E-state index is -0.411. The lowest BCUT2D eigenvalue weighted by atomic mass is 10.2. The summed E-state index contributed by atoms with van der Waals surface area (Å²) in [5.74, 6) is 1.20. The SMILES string of the molecule is COCCc1noc([C@@H](C)NC(=O)c2cc(C3CC3)no2)n1. The second-order valence-electron chi connectivity index (χ2n) is 5.38. The van der Waals surface area contributed by atoms with Gasteiger partial charge < -0.3 is 19.1 Å². The molecule has 1 fully saturated rings. The van der Waals surface area contributed by atoms with E-state index in [4.69, 9.17) is 13.8 Å². The minimum Gasteiger partial charge on any atom is -0.384 e. The van der Waals surface area contributed by atoms with Gasteiger partial charge in [0.05, 0.1) is 12.3 Å². The highest BCUT2D eigenvalue weighted by molar-refractivity contribution is 5.91. The number of methoxy groups -OCH3 is 1. The Balaban J connectivity index is 1.58. The van der Waals surface area contributed by atoms with E-state index >= 15 is 0 Å². The van der Waals surface area contributed by atoms with E-state index in [-0.39, 0.29) is 11.7 Å². The summed E-state index contributed by atoms with van der Waals surface area (Å²) in [5, 5.41) is 10.5. The number of carbonyl (C=O) groups excluding carboxylic acids is 1. The van der Waals surface area contributed by atoms with Crippen LogP contribution < -0.4 is 5.32 Å². The highest BCUT2D eigenvalue weighted by Gasteiger charge is 2.28. The van der Waals surface area contributed by atoms with Crippen LogP contribution in [0.1, 0.15) is 59.7 Å². The third-order valence-corrected chi connectivity index (χ3v) is 3.48. The van der Waals surface area contributed by atoms with Gasteiger partial charge in [-0.25, -0.2) is 0 Å². The molecule has 1 aliphatic rings. The first-order valence-corrected chi connectivity index (χ1v) is 7.26. The van der Waals surface area contributed by atoms with Gasteiger partial charge in [-0.1, -0.05) is 10.3 Å². The molecule has 1 N–H and O–H groups in total. The molecule has 0 bridgehead atoms. The number of hydrogen-bond donors (Lipinski definition) is 1. The van der Waals surface area contributed by atoms with Gasteiger partial charge in [-0.3, -0.25) is 4.79 Å². The normalized spacial score (nSPS) is 15.7. The molecule has 0 spiro atoms. The Kier molecular flexibility index (Phi) is 4.19. The molecule has 0 aliphatic heterocycles. The van der Waals surface area contributed by atoms with Crippen LogP contribution in [0.3, 0.4) is 0 Å². The van der Waals surface area contributed by atoms with E-state index in [0.717, 1.165) is 18.5 Å². The maximum atomic E-state index is 12.1. The fourth-order valence-corrected chi connectivity index (χ4v) is 2.04. The molecule has 0 aromatic carbocycles. The van der Waals surface area contributed by atoms with E-state index in [1.54, 1.807) is 20.1 Å². The topological polar surface area (TPSA) is 103 Å². The fraction of sp³-hybridized carbons (Fsp3) is 0.571. The van der Waals surface area contributed by atoms with Gasteiger partial charge in [0.25, 0.3) is 5.91 Å². The standard InChI is InChI=1S/C14H18N4O4/c1-8(14-16-12(18-22-14)5-6-20-2)15-13(19)11-7-10(17-21-11)9-3-4-9/h7-9H,3-6H2,1-2H3,(H,15,19)/t8-/m1/s1. The first kappa shape index (κ1) is 14.7. The van der Waals surface area contributed by atoms with Crippen LogP contribution in [0.4, 0.5) is 0 Å². The maximum absolute atomic E-state index is 12.1. The lowest BCUT2D eigenvalue weighted by Gasteiger charge is -2.07. The Labute approximate surface area is 127 Å². The lowest BCUT2D eigenvalue weighted by molar-refractivity contribution is 0.0895. The molecule has 1 atom stereocenters. The predicted octanol–water partition coefficient (Wildman–Crippen LogP) is 1.61. The van der Waals surface area contributed by atoms with Gasteiger partial charge in [0.2, 0.25) is 11.7 Å². The summed E-state index contributed by atoms with van der Waals surface area (Å²) in [7, 11) is 1.61. The van der Waals surface area contributed by atoms with Crippen molar-refractivity contribution in [3.8, 4) is 0 Å². The largest absolute Gasteiger partial charge is 0.384 e.